The van der Waals surface area contributed by atoms with Crippen LogP contribution in [0.5, 0.6) is 11.5 Å². The molecule has 0 aliphatic rings. The maximum absolute atomic E-state index is 12.8. The van der Waals surface area contributed by atoms with E-state index in [1.165, 1.54) is 11.3 Å². The summed E-state index contributed by atoms with van der Waals surface area (Å²) in [5.74, 6) is 0.413. The third-order valence-corrected chi connectivity index (χ3v) is 5.78. The van der Waals surface area contributed by atoms with Crippen LogP contribution in [0.4, 0.5) is 5.00 Å². The number of hydrogen-bond acceptors (Lipinski definition) is 6. The highest BCUT2D eigenvalue weighted by molar-refractivity contribution is 9.10. The van der Waals surface area contributed by atoms with Gasteiger partial charge in [0, 0.05) is 15.4 Å². The summed E-state index contributed by atoms with van der Waals surface area (Å²) in [7, 11) is 1.59. The van der Waals surface area contributed by atoms with E-state index in [4.69, 9.17) is 14.2 Å². The minimum Gasteiger partial charge on any atom is -0.497 e. The molecule has 3 aromatic rings. The number of rotatable bonds is 8. The average Bonchev–Trinajstić information content (AvgIpc) is 3.17. The Morgan fingerprint density at radius 3 is 2.52 bits per heavy atom. The molecule has 0 aliphatic carbocycles. The Kier molecular flexibility index (Phi) is 7.70. The summed E-state index contributed by atoms with van der Waals surface area (Å²) in [4.78, 5) is 25.4. The van der Waals surface area contributed by atoms with Gasteiger partial charge in [-0.2, -0.15) is 0 Å². The largest absolute Gasteiger partial charge is 0.497 e. The van der Waals surface area contributed by atoms with Crippen LogP contribution in [0.3, 0.4) is 0 Å². The number of amides is 1. The van der Waals surface area contributed by atoms with E-state index in [1.807, 2.05) is 41.8 Å². The molecule has 3 rings (SSSR count). The van der Waals surface area contributed by atoms with Crippen LogP contribution in [0.2, 0.25) is 0 Å². The van der Waals surface area contributed by atoms with E-state index in [0.29, 0.717) is 27.6 Å². The first-order valence-electron chi connectivity index (χ1n) is 9.59. The molecule has 31 heavy (non-hydrogen) atoms. The van der Waals surface area contributed by atoms with Crippen molar-refractivity contribution in [1.29, 1.82) is 0 Å². The lowest BCUT2D eigenvalue weighted by molar-refractivity contribution is -0.122. The lowest BCUT2D eigenvalue weighted by Gasteiger charge is -2.15. The Balaban J connectivity index is 1.84. The Hall–Kier alpha value is -2.84. The molecule has 2 aromatic carbocycles. The molecular weight excluding hydrogens is 482 g/mol. The summed E-state index contributed by atoms with van der Waals surface area (Å²) in [6.45, 7) is 3.62. The molecule has 0 saturated carbocycles. The highest BCUT2D eigenvalue weighted by Gasteiger charge is 2.25. The summed E-state index contributed by atoms with van der Waals surface area (Å²) in [5, 5.41) is 5.05. The molecule has 162 valence electrons. The minimum absolute atomic E-state index is 0.229. The highest BCUT2D eigenvalue weighted by Crippen LogP contribution is 2.37. The third-order valence-electron chi connectivity index (χ3n) is 4.39. The molecule has 1 N–H and O–H groups in total. The standard InChI is InChI=1S/C23H22BrNO5S/c1-4-29-23(27)20-19(15-8-10-17(28-3)11-9-15)13-31-22(20)25-21(26)14(2)30-18-7-5-6-16(24)12-18/h5-14H,4H2,1-3H3,(H,25,26). The molecule has 0 fully saturated rings. The van der Waals surface area contributed by atoms with Crippen molar-refractivity contribution in [2.45, 2.75) is 20.0 Å². The quantitative estimate of drug-likeness (QED) is 0.395. The fraction of sp³-hybridized carbons (Fsp3) is 0.217. The Morgan fingerprint density at radius 2 is 1.87 bits per heavy atom. The molecule has 1 heterocycles. The van der Waals surface area contributed by atoms with Crippen LogP contribution in [-0.2, 0) is 9.53 Å². The molecule has 8 heteroatoms. The monoisotopic (exact) mass is 503 g/mol. The van der Waals surface area contributed by atoms with Crippen molar-refractivity contribution in [2.24, 2.45) is 0 Å². The number of benzene rings is 2. The van der Waals surface area contributed by atoms with E-state index >= 15 is 0 Å². The van der Waals surface area contributed by atoms with Gasteiger partial charge in [-0.05, 0) is 49.7 Å². The molecule has 0 aliphatic heterocycles. The van der Waals surface area contributed by atoms with Crippen LogP contribution >= 0.6 is 27.3 Å². The first kappa shape index (κ1) is 22.8. The molecule has 1 unspecified atom stereocenters. The zero-order valence-corrected chi connectivity index (χ0v) is 19.7. The first-order chi connectivity index (χ1) is 14.9. The van der Waals surface area contributed by atoms with E-state index in [-0.39, 0.29) is 12.5 Å². The molecule has 1 amide bonds. The smallest absolute Gasteiger partial charge is 0.341 e. The number of hydrogen-bond donors (Lipinski definition) is 1. The number of halogens is 1. The second-order valence-electron chi connectivity index (χ2n) is 6.51. The number of thiophene rings is 1. The van der Waals surface area contributed by atoms with Gasteiger partial charge in [-0.15, -0.1) is 11.3 Å². The molecular formula is C23H22BrNO5S. The first-order valence-corrected chi connectivity index (χ1v) is 11.3. The van der Waals surface area contributed by atoms with Crippen molar-refractivity contribution in [3.63, 3.8) is 0 Å². The fourth-order valence-electron chi connectivity index (χ4n) is 2.85. The molecule has 1 atom stereocenters. The number of carbonyl (C=O) groups excluding carboxylic acids is 2. The Bertz CT molecular complexity index is 1060. The van der Waals surface area contributed by atoms with Gasteiger partial charge in [-0.1, -0.05) is 34.1 Å². The lowest BCUT2D eigenvalue weighted by Crippen LogP contribution is -2.30. The SMILES string of the molecule is CCOC(=O)c1c(-c2ccc(OC)cc2)csc1NC(=O)C(C)Oc1cccc(Br)c1. The zero-order valence-electron chi connectivity index (χ0n) is 17.3. The van der Waals surface area contributed by atoms with Gasteiger partial charge in [0.25, 0.3) is 5.91 Å². The van der Waals surface area contributed by atoms with Crippen molar-refractivity contribution in [1.82, 2.24) is 0 Å². The van der Waals surface area contributed by atoms with Gasteiger partial charge in [0.05, 0.1) is 13.7 Å². The third kappa shape index (κ3) is 5.65. The summed E-state index contributed by atoms with van der Waals surface area (Å²) in [5.41, 5.74) is 1.82. The van der Waals surface area contributed by atoms with E-state index in [0.717, 1.165) is 10.0 Å². The molecule has 1 aromatic heterocycles. The van der Waals surface area contributed by atoms with Crippen LogP contribution in [0.25, 0.3) is 11.1 Å². The number of anilines is 1. The summed E-state index contributed by atoms with van der Waals surface area (Å²) < 4.78 is 17.0. The van der Waals surface area contributed by atoms with Crippen molar-refractivity contribution in [2.75, 3.05) is 19.0 Å². The van der Waals surface area contributed by atoms with E-state index in [1.54, 1.807) is 33.1 Å². The Labute approximate surface area is 193 Å². The van der Waals surface area contributed by atoms with Gasteiger partial charge >= 0.3 is 5.97 Å². The molecule has 0 spiro atoms. The van der Waals surface area contributed by atoms with Crippen LogP contribution in [0.15, 0.2) is 58.4 Å². The van der Waals surface area contributed by atoms with Crippen molar-refractivity contribution in [3.8, 4) is 22.6 Å². The van der Waals surface area contributed by atoms with Crippen molar-refractivity contribution < 1.29 is 23.8 Å². The predicted molar refractivity (Wildman–Crippen MR) is 125 cm³/mol. The van der Waals surface area contributed by atoms with Gasteiger partial charge in [-0.3, -0.25) is 4.79 Å². The number of esters is 1. The van der Waals surface area contributed by atoms with Gasteiger partial charge in [0.15, 0.2) is 6.10 Å². The molecule has 0 bridgehead atoms. The summed E-state index contributed by atoms with van der Waals surface area (Å²) in [6, 6.07) is 14.6. The number of carbonyl (C=O) groups is 2. The second-order valence-corrected chi connectivity index (χ2v) is 8.30. The Morgan fingerprint density at radius 1 is 1.13 bits per heavy atom. The van der Waals surface area contributed by atoms with E-state index in [9.17, 15) is 9.59 Å². The number of nitrogens with one attached hydrogen (secondary N) is 1. The van der Waals surface area contributed by atoms with E-state index in [2.05, 4.69) is 21.2 Å². The van der Waals surface area contributed by atoms with Crippen molar-refractivity contribution in [3.05, 3.63) is 63.9 Å². The fourth-order valence-corrected chi connectivity index (χ4v) is 4.19. The van der Waals surface area contributed by atoms with Crippen LogP contribution in [0.1, 0.15) is 24.2 Å². The number of methoxy groups -OCH3 is 1. The normalized spacial score (nSPS) is 11.5. The molecule has 0 radical (unpaired) electrons. The molecule has 0 saturated heterocycles. The van der Waals surface area contributed by atoms with Crippen LogP contribution < -0.4 is 14.8 Å². The van der Waals surface area contributed by atoms with Gasteiger partial charge in [0.2, 0.25) is 0 Å². The van der Waals surface area contributed by atoms with Crippen LogP contribution in [-0.4, -0.2) is 31.7 Å². The maximum Gasteiger partial charge on any atom is 0.341 e. The maximum atomic E-state index is 12.8. The summed E-state index contributed by atoms with van der Waals surface area (Å²) in [6.07, 6.45) is -0.768. The second kappa shape index (κ2) is 10.5. The van der Waals surface area contributed by atoms with Gasteiger partial charge < -0.3 is 19.5 Å². The minimum atomic E-state index is -0.768. The summed E-state index contributed by atoms with van der Waals surface area (Å²) >= 11 is 4.64. The van der Waals surface area contributed by atoms with E-state index < -0.39 is 12.1 Å². The number of ether oxygens (including phenoxy) is 3. The van der Waals surface area contributed by atoms with Crippen LogP contribution in [0, 0.1) is 0 Å². The van der Waals surface area contributed by atoms with Gasteiger partial charge in [0.1, 0.15) is 22.1 Å². The molecule has 6 nitrogen and oxygen atoms in total. The van der Waals surface area contributed by atoms with Gasteiger partial charge in [-0.25, -0.2) is 4.79 Å². The highest BCUT2D eigenvalue weighted by atomic mass is 79.9. The average molecular weight is 504 g/mol. The predicted octanol–water partition coefficient (Wildman–Crippen LogP) is 5.77. The lowest BCUT2D eigenvalue weighted by atomic mass is 10.0. The zero-order chi connectivity index (χ0) is 22.4. The topological polar surface area (TPSA) is 73.9 Å². The van der Waals surface area contributed by atoms with Crippen molar-refractivity contribution >= 4 is 44.1 Å².